The van der Waals surface area contributed by atoms with Gasteiger partial charge in [-0.3, -0.25) is 10.1 Å². The molecule has 1 fully saturated rings. The quantitative estimate of drug-likeness (QED) is 0.906. The van der Waals surface area contributed by atoms with E-state index in [4.69, 9.17) is 0 Å². The van der Waals surface area contributed by atoms with Crippen LogP contribution in [0.4, 0.5) is 0 Å². The lowest BCUT2D eigenvalue weighted by Crippen LogP contribution is -2.41. The summed E-state index contributed by atoms with van der Waals surface area (Å²) in [5.41, 5.74) is 3.71. The van der Waals surface area contributed by atoms with Crippen LogP contribution >= 0.6 is 11.8 Å². The molecule has 0 radical (unpaired) electrons. The number of carbonyl (C=O) groups excluding carboxylic acids is 1. The van der Waals surface area contributed by atoms with Crippen molar-refractivity contribution < 1.29 is 4.79 Å². The number of thioether (sulfide) groups is 1. The molecule has 1 amide bonds. The van der Waals surface area contributed by atoms with Crippen LogP contribution in [0.3, 0.4) is 0 Å². The Bertz CT molecular complexity index is 518. The van der Waals surface area contributed by atoms with E-state index in [1.807, 2.05) is 18.7 Å². The smallest absolute Gasteiger partial charge is 0.241 e. The first kappa shape index (κ1) is 16.4. The second-order valence-electron chi connectivity index (χ2n) is 5.91. The molecule has 1 heterocycles. The van der Waals surface area contributed by atoms with Gasteiger partial charge in [0.1, 0.15) is 6.17 Å². The van der Waals surface area contributed by atoms with Crippen molar-refractivity contribution in [1.29, 1.82) is 0 Å². The summed E-state index contributed by atoms with van der Waals surface area (Å²) in [6, 6.07) is 6.66. The van der Waals surface area contributed by atoms with Gasteiger partial charge in [0.2, 0.25) is 5.91 Å². The lowest BCUT2D eigenvalue weighted by atomic mass is 10.0. The summed E-state index contributed by atoms with van der Waals surface area (Å²) in [4.78, 5) is 14.7. The predicted octanol–water partition coefficient (Wildman–Crippen LogP) is 3.26. The van der Waals surface area contributed by atoms with Crippen LogP contribution < -0.4 is 5.32 Å². The number of hydrogen-bond donors (Lipinski definition) is 1. The molecule has 4 heteroatoms. The molecule has 0 spiro atoms. The Hall–Kier alpha value is -1.00. The van der Waals surface area contributed by atoms with Crippen molar-refractivity contribution in [3.8, 4) is 0 Å². The molecule has 1 aliphatic rings. The fourth-order valence-corrected chi connectivity index (χ4v) is 3.79. The highest BCUT2D eigenvalue weighted by atomic mass is 32.2. The van der Waals surface area contributed by atoms with Crippen LogP contribution in [0.1, 0.15) is 43.1 Å². The summed E-state index contributed by atoms with van der Waals surface area (Å²) in [7, 11) is 0. The van der Waals surface area contributed by atoms with E-state index in [9.17, 15) is 4.79 Å². The van der Waals surface area contributed by atoms with Gasteiger partial charge in [0, 0.05) is 11.8 Å². The van der Waals surface area contributed by atoms with Gasteiger partial charge in [0.15, 0.2) is 0 Å². The van der Waals surface area contributed by atoms with Gasteiger partial charge in [0.25, 0.3) is 0 Å². The molecule has 0 saturated carbocycles. The molecule has 0 bridgehead atoms. The number of aryl methyl sites for hydroxylation is 2. The number of rotatable bonds is 5. The highest BCUT2D eigenvalue weighted by Crippen LogP contribution is 2.31. The number of nitrogens with one attached hydrogen (secondary N) is 1. The van der Waals surface area contributed by atoms with Gasteiger partial charge >= 0.3 is 0 Å². The van der Waals surface area contributed by atoms with E-state index in [-0.39, 0.29) is 24.2 Å². The number of hydrogen-bond acceptors (Lipinski definition) is 3. The molecular weight excluding hydrogens is 280 g/mol. The van der Waals surface area contributed by atoms with Gasteiger partial charge in [-0.1, -0.05) is 30.7 Å². The van der Waals surface area contributed by atoms with Crippen molar-refractivity contribution in [2.45, 2.75) is 52.4 Å². The molecular formula is C17H26N2OS. The molecule has 3 unspecified atom stereocenters. The highest BCUT2D eigenvalue weighted by Gasteiger charge is 2.40. The summed E-state index contributed by atoms with van der Waals surface area (Å²) >= 11 is 1.81. The third kappa shape index (κ3) is 3.27. The van der Waals surface area contributed by atoms with Gasteiger partial charge in [-0.2, -0.15) is 11.8 Å². The fourth-order valence-electron chi connectivity index (χ4n) is 3.01. The molecule has 1 N–H and O–H groups in total. The zero-order valence-electron chi connectivity index (χ0n) is 13.6. The standard InChI is InChI=1S/C17H26N2OS/c1-6-14(10-21-5)19-16(18-13(4)17(19)20)15-9-11(2)7-8-12(15)3/h7-9,13-14,16,18H,6,10H2,1-5H3. The Balaban J connectivity index is 2.39. The maximum atomic E-state index is 12.6. The maximum Gasteiger partial charge on any atom is 0.241 e. The molecule has 0 aliphatic carbocycles. The predicted molar refractivity (Wildman–Crippen MR) is 90.6 cm³/mol. The molecule has 116 valence electrons. The van der Waals surface area contributed by atoms with E-state index in [1.165, 1.54) is 16.7 Å². The molecule has 1 aromatic rings. The van der Waals surface area contributed by atoms with E-state index in [0.717, 1.165) is 12.2 Å². The average Bonchev–Trinajstić information content (AvgIpc) is 2.75. The SMILES string of the molecule is CCC(CSC)N1C(=O)C(C)NC1c1cc(C)ccc1C. The van der Waals surface area contributed by atoms with Crippen LogP contribution in [-0.2, 0) is 4.79 Å². The van der Waals surface area contributed by atoms with Crippen molar-refractivity contribution in [3.63, 3.8) is 0 Å². The number of nitrogens with zero attached hydrogens (tertiary/aromatic N) is 1. The first-order chi connectivity index (χ1) is 9.99. The Morgan fingerprint density at radius 2 is 2.10 bits per heavy atom. The van der Waals surface area contributed by atoms with Crippen molar-refractivity contribution in [3.05, 3.63) is 34.9 Å². The zero-order chi connectivity index (χ0) is 15.6. The van der Waals surface area contributed by atoms with Gasteiger partial charge in [-0.05, 0) is 44.6 Å². The molecule has 1 aromatic carbocycles. The van der Waals surface area contributed by atoms with E-state index in [2.05, 4.69) is 55.4 Å². The maximum absolute atomic E-state index is 12.6. The van der Waals surface area contributed by atoms with Crippen LogP contribution in [0.5, 0.6) is 0 Å². The Labute approximate surface area is 132 Å². The minimum Gasteiger partial charge on any atom is -0.318 e. The van der Waals surface area contributed by atoms with Crippen molar-refractivity contribution in [1.82, 2.24) is 10.2 Å². The molecule has 2 rings (SSSR count). The van der Waals surface area contributed by atoms with Gasteiger partial charge < -0.3 is 4.90 Å². The van der Waals surface area contributed by atoms with Crippen molar-refractivity contribution in [2.24, 2.45) is 0 Å². The summed E-state index contributed by atoms with van der Waals surface area (Å²) < 4.78 is 0. The third-order valence-corrected chi connectivity index (χ3v) is 4.98. The fraction of sp³-hybridized carbons (Fsp3) is 0.588. The molecule has 1 saturated heterocycles. The lowest BCUT2D eigenvalue weighted by Gasteiger charge is -2.33. The first-order valence-corrected chi connectivity index (χ1v) is 9.03. The highest BCUT2D eigenvalue weighted by molar-refractivity contribution is 7.98. The van der Waals surface area contributed by atoms with Crippen LogP contribution in [0.25, 0.3) is 0 Å². The van der Waals surface area contributed by atoms with Crippen molar-refractivity contribution in [2.75, 3.05) is 12.0 Å². The number of amides is 1. The van der Waals surface area contributed by atoms with Crippen LogP contribution in [-0.4, -0.2) is 34.9 Å². The van der Waals surface area contributed by atoms with E-state index < -0.39 is 0 Å². The Morgan fingerprint density at radius 3 is 2.71 bits per heavy atom. The van der Waals surface area contributed by atoms with E-state index >= 15 is 0 Å². The van der Waals surface area contributed by atoms with Crippen LogP contribution in [0.2, 0.25) is 0 Å². The summed E-state index contributed by atoms with van der Waals surface area (Å²) in [6.45, 7) is 8.36. The third-order valence-electron chi connectivity index (χ3n) is 4.26. The Kier molecular flexibility index (Phi) is 5.33. The monoisotopic (exact) mass is 306 g/mol. The largest absolute Gasteiger partial charge is 0.318 e. The van der Waals surface area contributed by atoms with Gasteiger partial charge in [-0.15, -0.1) is 0 Å². The summed E-state index contributed by atoms with van der Waals surface area (Å²) in [6.07, 6.45) is 3.10. The summed E-state index contributed by atoms with van der Waals surface area (Å²) in [5, 5.41) is 3.48. The molecule has 21 heavy (non-hydrogen) atoms. The molecule has 0 aromatic heterocycles. The first-order valence-electron chi connectivity index (χ1n) is 7.63. The normalized spacial score (nSPS) is 23.7. The lowest BCUT2D eigenvalue weighted by molar-refractivity contribution is -0.131. The minimum atomic E-state index is -0.106. The van der Waals surface area contributed by atoms with E-state index in [1.54, 1.807) is 0 Å². The number of benzene rings is 1. The van der Waals surface area contributed by atoms with Crippen LogP contribution in [0, 0.1) is 13.8 Å². The second-order valence-corrected chi connectivity index (χ2v) is 6.82. The van der Waals surface area contributed by atoms with Crippen LogP contribution in [0.15, 0.2) is 18.2 Å². The topological polar surface area (TPSA) is 32.3 Å². The van der Waals surface area contributed by atoms with Gasteiger partial charge in [0.05, 0.1) is 6.04 Å². The zero-order valence-corrected chi connectivity index (χ0v) is 14.5. The van der Waals surface area contributed by atoms with Gasteiger partial charge in [-0.25, -0.2) is 0 Å². The minimum absolute atomic E-state index is 0.00417. The average molecular weight is 306 g/mol. The summed E-state index contributed by atoms with van der Waals surface area (Å²) in [5.74, 6) is 1.21. The van der Waals surface area contributed by atoms with Crippen molar-refractivity contribution >= 4 is 17.7 Å². The Morgan fingerprint density at radius 1 is 1.38 bits per heavy atom. The molecule has 3 nitrogen and oxygen atoms in total. The number of carbonyl (C=O) groups is 1. The molecule has 3 atom stereocenters. The molecule has 1 aliphatic heterocycles. The second kappa shape index (κ2) is 6.84. The van der Waals surface area contributed by atoms with E-state index in [0.29, 0.717) is 0 Å².